The zero-order valence-electron chi connectivity index (χ0n) is 14.5. The van der Waals surface area contributed by atoms with E-state index in [4.69, 9.17) is 5.10 Å². The van der Waals surface area contributed by atoms with Crippen LogP contribution in [0.4, 0.5) is 0 Å². The lowest BCUT2D eigenvalue weighted by molar-refractivity contribution is 0.0710. The van der Waals surface area contributed by atoms with E-state index in [0.717, 1.165) is 43.1 Å². The third-order valence-electron chi connectivity index (χ3n) is 5.36. The molecule has 4 heterocycles. The van der Waals surface area contributed by atoms with Gasteiger partial charge in [0.2, 0.25) is 0 Å². The standard InChI is InChI=1S/C19H20N6O/c26-19(15-2-1-9-20-12-15)24-10-7-14(8-11-24)18-22-21-17-6-5-16(13-3-4-13)23-25(17)18/h1-2,5-6,9,12-14H,3-4,7-8,10-11H2. The Balaban J connectivity index is 1.33. The number of hydrogen-bond donors (Lipinski definition) is 0. The van der Waals surface area contributed by atoms with Crippen LogP contribution in [-0.2, 0) is 0 Å². The van der Waals surface area contributed by atoms with Crippen LogP contribution in [0.15, 0.2) is 36.7 Å². The predicted molar refractivity (Wildman–Crippen MR) is 94.9 cm³/mol. The van der Waals surface area contributed by atoms with E-state index < -0.39 is 0 Å². The van der Waals surface area contributed by atoms with Crippen molar-refractivity contribution in [3.8, 4) is 0 Å². The fraction of sp³-hybridized carbons (Fsp3) is 0.421. The first-order valence-corrected chi connectivity index (χ1v) is 9.21. The molecule has 1 saturated carbocycles. The Morgan fingerprint density at radius 1 is 1.00 bits per heavy atom. The monoisotopic (exact) mass is 348 g/mol. The maximum Gasteiger partial charge on any atom is 0.255 e. The molecule has 7 heteroatoms. The summed E-state index contributed by atoms with van der Waals surface area (Å²) >= 11 is 0. The predicted octanol–water partition coefficient (Wildman–Crippen LogP) is 2.42. The molecule has 7 nitrogen and oxygen atoms in total. The number of hydrogen-bond acceptors (Lipinski definition) is 5. The summed E-state index contributed by atoms with van der Waals surface area (Å²) in [6.07, 6.45) is 7.52. The molecule has 0 spiro atoms. The van der Waals surface area contributed by atoms with Crippen LogP contribution < -0.4 is 0 Å². The highest BCUT2D eigenvalue weighted by molar-refractivity contribution is 5.93. The van der Waals surface area contributed by atoms with Crippen LogP contribution in [0, 0.1) is 0 Å². The number of carbonyl (C=O) groups excluding carboxylic acids is 1. The lowest BCUT2D eigenvalue weighted by atomic mass is 9.95. The van der Waals surface area contributed by atoms with Crippen LogP contribution >= 0.6 is 0 Å². The van der Waals surface area contributed by atoms with E-state index in [9.17, 15) is 4.79 Å². The van der Waals surface area contributed by atoms with Crippen molar-refractivity contribution in [1.29, 1.82) is 0 Å². The summed E-state index contributed by atoms with van der Waals surface area (Å²) in [5.41, 5.74) is 2.59. The van der Waals surface area contributed by atoms with Gasteiger partial charge in [0.15, 0.2) is 11.5 Å². The highest BCUT2D eigenvalue weighted by Gasteiger charge is 2.29. The molecular formula is C19H20N6O. The number of pyridine rings is 1. The Hall–Kier alpha value is -2.83. The highest BCUT2D eigenvalue weighted by atomic mass is 16.2. The van der Waals surface area contributed by atoms with Gasteiger partial charge in [0.1, 0.15) is 0 Å². The molecule has 1 aliphatic carbocycles. The van der Waals surface area contributed by atoms with Crippen molar-refractivity contribution in [2.24, 2.45) is 0 Å². The third kappa shape index (κ3) is 2.73. The molecule has 0 radical (unpaired) electrons. The molecule has 0 bridgehead atoms. The van der Waals surface area contributed by atoms with E-state index in [1.165, 1.54) is 12.8 Å². The van der Waals surface area contributed by atoms with E-state index in [2.05, 4.69) is 21.2 Å². The molecule has 1 amide bonds. The summed E-state index contributed by atoms with van der Waals surface area (Å²) < 4.78 is 1.91. The highest BCUT2D eigenvalue weighted by Crippen LogP contribution is 2.39. The summed E-state index contributed by atoms with van der Waals surface area (Å²) in [6.45, 7) is 1.44. The first-order chi connectivity index (χ1) is 12.8. The van der Waals surface area contributed by atoms with Gasteiger partial charge in [-0.2, -0.15) is 9.61 Å². The lowest BCUT2D eigenvalue weighted by Gasteiger charge is -2.31. The first kappa shape index (κ1) is 15.4. The van der Waals surface area contributed by atoms with Crippen LogP contribution in [0.25, 0.3) is 5.65 Å². The van der Waals surface area contributed by atoms with Gasteiger partial charge in [-0.15, -0.1) is 10.2 Å². The summed E-state index contributed by atoms with van der Waals surface area (Å²) in [4.78, 5) is 18.5. The second-order valence-electron chi connectivity index (χ2n) is 7.17. The van der Waals surface area contributed by atoms with E-state index in [1.807, 2.05) is 21.5 Å². The van der Waals surface area contributed by atoms with Gasteiger partial charge < -0.3 is 4.90 Å². The first-order valence-electron chi connectivity index (χ1n) is 9.21. The molecular weight excluding hydrogens is 328 g/mol. The molecule has 3 aromatic heterocycles. The number of piperidine rings is 1. The molecule has 0 aromatic carbocycles. The summed E-state index contributed by atoms with van der Waals surface area (Å²) in [6, 6.07) is 7.70. The Morgan fingerprint density at radius 2 is 1.85 bits per heavy atom. The van der Waals surface area contributed by atoms with E-state index in [0.29, 0.717) is 11.5 Å². The molecule has 0 unspecified atom stereocenters. The van der Waals surface area contributed by atoms with Gasteiger partial charge in [0.05, 0.1) is 11.3 Å². The zero-order chi connectivity index (χ0) is 17.5. The fourth-order valence-corrected chi connectivity index (χ4v) is 3.68. The minimum absolute atomic E-state index is 0.0526. The molecule has 2 aliphatic rings. The number of fused-ring (bicyclic) bond motifs is 1. The molecule has 26 heavy (non-hydrogen) atoms. The Morgan fingerprint density at radius 3 is 2.58 bits per heavy atom. The molecule has 132 valence electrons. The van der Waals surface area contributed by atoms with Crippen molar-refractivity contribution >= 4 is 11.6 Å². The van der Waals surface area contributed by atoms with Crippen molar-refractivity contribution in [1.82, 2.24) is 29.7 Å². The summed E-state index contributed by atoms with van der Waals surface area (Å²) in [5, 5.41) is 13.5. The topological polar surface area (TPSA) is 76.3 Å². The molecule has 3 aromatic rings. The van der Waals surface area contributed by atoms with E-state index in [1.54, 1.807) is 18.5 Å². The van der Waals surface area contributed by atoms with E-state index in [-0.39, 0.29) is 11.8 Å². The van der Waals surface area contributed by atoms with Gasteiger partial charge in [0, 0.05) is 37.3 Å². The minimum Gasteiger partial charge on any atom is -0.339 e. The van der Waals surface area contributed by atoms with Gasteiger partial charge in [0.25, 0.3) is 5.91 Å². The number of nitrogens with zero attached hydrogens (tertiary/aromatic N) is 6. The number of amides is 1. The second kappa shape index (κ2) is 6.16. The largest absolute Gasteiger partial charge is 0.339 e. The van der Waals surface area contributed by atoms with Crippen molar-refractivity contribution in [2.45, 2.75) is 37.5 Å². The number of carbonyl (C=O) groups is 1. The molecule has 1 saturated heterocycles. The zero-order valence-corrected chi connectivity index (χ0v) is 14.5. The maximum atomic E-state index is 12.6. The van der Waals surface area contributed by atoms with Gasteiger partial charge in [-0.3, -0.25) is 9.78 Å². The van der Waals surface area contributed by atoms with Crippen molar-refractivity contribution in [3.05, 3.63) is 53.7 Å². The molecule has 1 aliphatic heterocycles. The molecule has 2 fully saturated rings. The average Bonchev–Trinajstić information content (AvgIpc) is 3.47. The SMILES string of the molecule is O=C(c1cccnc1)N1CCC(c2nnc3ccc(C4CC4)nn23)CC1. The van der Waals surface area contributed by atoms with Gasteiger partial charge >= 0.3 is 0 Å². The van der Waals surface area contributed by atoms with Gasteiger partial charge in [-0.25, -0.2) is 0 Å². The van der Waals surface area contributed by atoms with Crippen LogP contribution in [0.2, 0.25) is 0 Å². The van der Waals surface area contributed by atoms with Crippen LogP contribution in [-0.4, -0.2) is 48.7 Å². The normalized spacial score (nSPS) is 18.4. The van der Waals surface area contributed by atoms with Gasteiger partial charge in [-0.05, 0) is 49.9 Å². The Bertz CT molecular complexity index is 941. The molecule has 0 atom stereocenters. The minimum atomic E-state index is 0.0526. The Kier molecular flexibility index (Phi) is 3.65. The second-order valence-corrected chi connectivity index (χ2v) is 7.17. The molecule has 5 rings (SSSR count). The average molecular weight is 348 g/mol. The summed E-state index contributed by atoms with van der Waals surface area (Å²) in [7, 11) is 0. The Labute approximate surface area is 151 Å². The summed E-state index contributed by atoms with van der Waals surface area (Å²) in [5.74, 6) is 1.87. The number of aromatic nitrogens is 5. The lowest BCUT2D eigenvalue weighted by Crippen LogP contribution is -2.38. The number of rotatable bonds is 3. The third-order valence-corrected chi connectivity index (χ3v) is 5.36. The number of likely N-dealkylation sites (tertiary alicyclic amines) is 1. The smallest absolute Gasteiger partial charge is 0.255 e. The van der Waals surface area contributed by atoms with Crippen LogP contribution in [0.3, 0.4) is 0 Å². The van der Waals surface area contributed by atoms with Crippen LogP contribution in [0.5, 0.6) is 0 Å². The van der Waals surface area contributed by atoms with E-state index >= 15 is 0 Å². The molecule has 0 N–H and O–H groups in total. The van der Waals surface area contributed by atoms with Crippen molar-refractivity contribution in [2.75, 3.05) is 13.1 Å². The van der Waals surface area contributed by atoms with Gasteiger partial charge in [-0.1, -0.05) is 0 Å². The van der Waals surface area contributed by atoms with Crippen molar-refractivity contribution < 1.29 is 4.79 Å². The fourth-order valence-electron chi connectivity index (χ4n) is 3.68. The maximum absolute atomic E-state index is 12.6. The quantitative estimate of drug-likeness (QED) is 0.726. The van der Waals surface area contributed by atoms with Crippen LogP contribution in [0.1, 0.15) is 59.4 Å². The van der Waals surface area contributed by atoms with Crippen molar-refractivity contribution in [3.63, 3.8) is 0 Å².